The summed E-state index contributed by atoms with van der Waals surface area (Å²) in [7, 11) is 0. The highest BCUT2D eigenvalue weighted by atomic mass is 32.2. The average Bonchev–Trinajstić information content (AvgIpc) is 2.48. The summed E-state index contributed by atoms with van der Waals surface area (Å²) in [6.07, 6.45) is 0. The first-order valence-electron chi connectivity index (χ1n) is 5.73. The van der Waals surface area contributed by atoms with Crippen molar-refractivity contribution < 1.29 is 5.21 Å². The molecule has 0 aliphatic heterocycles. The first-order valence-corrected chi connectivity index (χ1v) is 6.72. The minimum absolute atomic E-state index is 0.0381. The second-order valence-electron chi connectivity index (χ2n) is 3.83. The molecule has 0 radical (unpaired) electrons. The zero-order chi connectivity index (χ0) is 13.5. The van der Waals surface area contributed by atoms with Gasteiger partial charge in [0, 0.05) is 16.2 Å². The minimum atomic E-state index is 0.0381. The first kappa shape index (κ1) is 13.2. The van der Waals surface area contributed by atoms with E-state index in [1.807, 2.05) is 42.5 Å². The summed E-state index contributed by atoms with van der Waals surface area (Å²) >= 11 is 1.62. The van der Waals surface area contributed by atoms with E-state index in [1.54, 1.807) is 17.8 Å². The van der Waals surface area contributed by atoms with Crippen molar-refractivity contribution in [3.63, 3.8) is 0 Å². The van der Waals surface area contributed by atoms with Crippen molar-refractivity contribution in [2.45, 2.75) is 10.6 Å². The Morgan fingerprint density at radius 2 is 1.79 bits per heavy atom. The standard InChI is InChI=1S/C15H12N2OS/c16-10-14(17-18)13-8-4-5-9-15(13)19-11-12-6-2-1-3-7-12/h1-9,18H,11H2/b17-14+. The van der Waals surface area contributed by atoms with E-state index in [2.05, 4.69) is 17.3 Å². The molecular formula is C15H12N2OS. The molecule has 0 unspecified atom stereocenters. The summed E-state index contributed by atoms with van der Waals surface area (Å²) in [4.78, 5) is 0.931. The summed E-state index contributed by atoms with van der Waals surface area (Å²) < 4.78 is 0. The van der Waals surface area contributed by atoms with Crippen LogP contribution in [0.1, 0.15) is 11.1 Å². The summed E-state index contributed by atoms with van der Waals surface area (Å²) in [5.41, 5.74) is 1.91. The molecule has 0 aliphatic rings. The van der Waals surface area contributed by atoms with Crippen LogP contribution in [0.25, 0.3) is 0 Å². The lowest BCUT2D eigenvalue weighted by atomic mass is 10.1. The van der Waals surface area contributed by atoms with Gasteiger partial charge in [-0.25, -0.2) is 0 Å². The zero-order valence-electron chi connectivity index (χ0n) is 10.2. The number of benzene rings is 2. The third-order valence-electron chi connectivity index (χ3n) is 2.59. The SMILES string of the molecule is N#C/C(=N\O)c1ccccc1SCc1ccccc1. The van der Waals surface area contributed by atoms with Gasteiger partial charge in [0.15, 0.2) is 5.71 Å². The molecule has 4 heteroatoms. The maximum atomic E-state index is 8.94. The molecule has 0 aromatic heterocycles. The van der Waals surface area contributed by atoms with E-state index in [0.717, 1.165) is 10.6 Å². The van der Waals surface area contributed by atoms with Crippen LogP contribution in [0.4, 0.5) is 0 Å². The first-order chi connectivity index (χ1) is 9.35. The van der Waals surface area contributed by atoms with Crippen LogP contribution in [0.2, 0.25) is 0 Å². The Balaban J connectivity index is 2.20. The fraction of sp³-hybridized carbons (Fsp3) is 0.0667. The molecule has 1 N–H and O–H groups in total. The van der Waals surface area contributed by atoms with Crippen molar-refractivity contribution in [3.05, 3.63) is 65.7 Å². The van der Waals surface area contributed by atoms with Crippen LogP contribution in [-0.2, 0) is 5.75 Å². The Hall–Kier alpha value is -2.25. The number of hydrogen-bond donors (Lipinski definition) is 1. The molecule has 0 amide bonds. The van der Waals surface area contributed by atoms with E-state index in [4.69, 9.17) is 10.5 Å². The molecule has 0 bridgehead atoms. The van der Waals surface area contributed by atoms with Gasteiger partial charge < -0.3 is 5.21 Å². The Morgan fingerprint density at radius 1 is 1.11 bits per heavy atom. The molecule has 0 spiro atoms. The largest absolute Gasteiger partial charge is 0.410 e. The van der Waals surface area contributed by atoms with Gasteiger partial charge in [0.05, 0.1) is 0 Å². The molecule has 0 saturated carbocycles. The van der Waals surface area contributed by atoms with Crippen molar-refractivity contribution >= 4 is 17.5 Å². The number of nitriles is 1. The third-order valence-corrected chi connectivity index (χ3v) is 3.73. The summed E-state index contributed by atoms with van der Waals surface area (Å²) in [5, 5.41) is 20.8. The van der Waals surface area contributed by atoms with Gasteiger partial charge in [0.25, 0.3) is 0 Å². The van der Waals surface area contributed by atoms with Crippen LogP contribution in [0.3, 0.4) is 0 Å². The molecule has 2 rings (SSSR count). The number of thioether (sulfide) groups is 1. The zero-order valence-corrected chi connectivity index (χ0v) is 11.0. The fourth-order valence-electron chi connectivity index (χ4n) is 1.66. The maximum Gasteiger partial charge on any atom is 0.187 e. The van der Waals surface area contributed by atoms with Gasteiger partial charge in [0.2, 0.25) is 0 Å². The Labute approximate surface area is 116 Å². The number of nitrogens with zero attached hydrogens (tertiary/aromatic N) is 2. The van der Waals surface area contributed by atoms with Gasteiger partial charge in [-0.1, -0.05) is 53.7 Å². The van der Waals surface area contributed by atoms with Gasteiger partial charge in [-0.05, 0) is 11.6 Å². The molecule has 0 heterocycles. The molecule has 2 aromatic carbocycles. The van der Waals surface area contributed by atoms with Crippen molar-refractivity contribution in [2.75, 3.05) is 0 Å². The van der Waals surface area contributed by atoms with Crippen molar-refractivity contribution in [3.8, 4) is 6.07 Å². The van der Waals surface area contributed by atoms with Crippen LogP contribution >= 0.6 is 11.8 Å². The lowest BCUT2D eigenvalue weighted by Gasteiger charge is -2.06. The van der Waals surface area contributed by atoms with Crippen molar-refractivity contribution in [2.24, 2.45) is 5.16 Å². The third kappa shape index (κ3) is 3.36. The Morgan fingerprint density at radius 3 is 2.47 bits per heavy atom. The van der Waals surface area contributed by atoms with E-state index in [9.17, 15) is 0 Å². The van der Waals surface area contributed by atoms with Gasteiger partial charge in [0.1, 0.15) is 6.07 Å². The average molecular weight is 268 g/mol. The van der Waals surface area contributed by atoms with Gasteiger partial charge >= 0.3 is 0 Å². The smallest absolute Gasteiger partial charge is 0.187 e. The molecule has 3 nitrogen and oxygen atoms in total. The van der Waals surface area contributed by atoms with Gasteiger partial charge in [-0.3, -0.25) is 0 Å². The molecule has 0 saturated heterocycles. The molecule has 0 aliphatic carbocycles. The molecule has 19 heavy (non-hydrogen) atoms. The minimum Gasteiger partial charge on any atom is -0.410 e. The van der Waals surface area contributed by atoms with Crippen LogP contribution < -0.4 is 0 Å². The number of rotatable bonds is 4. The molecule has 0 atom stereocenters. The molecule has 0 fully saturated rings. The highest BCUT2D eigenvalue weighted by Crippen LogP contribution is 2.26. The van der Waals surface area contributed by atoms with E-state index >= 15 is 0 Å². The lowest BCUT2D eigenvalue weighted by Crippen LogP contribution is -1.99. The monoisotopic (exact) mass is 268 g/mol. The van der Waals surface area contributed by atoms with Gasteiger partial charge in [-0.2, -0.15) is 5.26 Å². The van der Waals surface area contributed by atoms with E-state index < -0.39 is 0 Å². The second-order valence-corrected chi connectivity index (χ2v) is 4.85. The van der Waals surface area contributed by atoms with Crippen LogP contribution in [0.5, 0.6) is 0 Å². The quantitative estimate of drug-likeness (QED) is 0.398. The van der Waals surface area contributed by atoms with Crippen molar-refractivity contribution in [1.82, 2.24) is 0 Å². The van der Waals surface area contributed by atoms with Gasteiger partial charge in [-0.15, -0.1) is 11.8 Å². The predicted octanol–water partition coefficient (Wildman–Crippen LogP) is 3.68. The maximum absolute atomic E-state index is 8.94. The number of oxime groups is 1. The van der Waals surface area contributed by atoms with Crippen LogP contribution in [0.15, 0.2) is 64.6 Å². The Kier molecular flexibility index (Phi) is 4.60. The molecule has 94 valence electrons. The van der Waals surface area contributed by atoms with E-state index in [-0.39, 0.29) is 5.71 Å². The van der Waals surface area contributed by atoms with E-state index in [0.29, 0.717) is 5.56 Å². The topological polar surface area (TPSA) is 56.4 Å². The summed E-state index contributed by atoms with van der Waals surface area (Å²) in [6, 6.07) is 19.4. The van der Waals surface area contributed by atoms with Crippen LogP contribution in [0, 0.1) is 11.3 Å². The number of hydrogen-bond acceptors (Lipinski definition) is 4. The molecule has 2 aromatic rings. The van der Waals surface area contributed by atoms with Crippen molar-refractivity contribution in [1.29, 1.82) is 5.26 Å². The fourth-order valence-corrected chi connectivity index (χ4v) is 2.67. The molecular weight excluding hydrogens is 256 g/mol. The summed E-state index contributed by atoms with van der Waals surface area (Å²) in [6.45, 7) is 0. The normalized spacial score (nSPS) is 11.0. The highest BCUT2D eigenvalue weighted by molar-refractivity contribution is 7.98. The van der Waals surface area contributed by atoms with E-state index in [1.165, 1.54) is 5.56 Å². The highest BCUT2D eigenvalue weighted by Gasteiger charge is 2.09. The van der Waals surface area contributed by atoms with Crippen LogP contribution in [-0.4, -0.2) is 10.9 Å². The lowest BCUT2D eigenvalue weighted by molar-refractivity contribution is 0.320. The predicted molar refractivity (Wildman–Crippen MR) is 76.4 cm³/mol. The summed E-state index contributed by atoms with van der Waals surface area (Å²) in [5.74, 6) is 0.808. The second kappa shape index (κ2) is 6.62. The Bertz CT molecular complexity index is 618.